The predicted octanol–water partition coefficient (Wildman–Crippen LogP) is 1.31. The molecule has 35 heavy (non-hydrogen) atoms. The van der Waals surface area contributed by atoms with Crippen LogP contribution in [0.5, 0.6) is 5.75 Å². The molecule has 1 aliphatic heterocycles. The van der Waals surface area contributed by atoms with E-state index in [4.69, 9.17) is 14.2 Å². The van der Waals surface area contributed by atoms with E-state index in [2.05, 4.69) is 16.0 Å². The Hall–Kier alpha value is -3.48. The average Bonchev–Trinajstić information content (AvgIpc) is 2.73. The van der Waals surface area contributed by atoms with E-state index in [0.29, 0.717) is 0 Å². The van der Waals surface area contributed by atoms with Crippen molar-refractivity contribution in [3.05, 3.63) is 23.3 Å². The number of cyclic esters (lactones) is 1. The van der Waals surface area contributed by atoms with Crippen LogP contribution in [0.2, 0.25) is 0 Å². The van der Waals surface area contributed by atoms with Gasteiger partial charge in [0.25, 0.3) is 0 Å². The molecule has 12 nitrogen and oxygen atoms in total. The minimum Gasteiger partial charge on any atom is -0.508 e. The van der Waals surface area contributed by atoms with Gasteiger partial charge < -0.3 is 35.3 Å². The molecule has 0 radical (unpaired) electrons. The first-order valence-electron chi connectivity index (χ1n) is 10.6. The number of ether oxygens (including phenoxy) is 3. The Bertz CT molecular complexity index is 1010. The number of amides is 3. The molecule has 0 saturated heterocycles. The number of benzene rings is 1. The first-order valence-corrected chi connectivity index (χ1v) is 11.7. The van der Waals surface area contributed by atoms with E-state index < -0.39 is 54.1 Å². The van der Waals surface area contributed by atoms with Crippen LogP contribution in [-0.2, 0) is 34.3 Å². The highest BCUT2D eigenvalue weighted by atomic mass is 32.2. The number of phenols is 1. The maximum absolute atomic E-state index is 12.9. The van der Waals surface area contributed by atoms with E-state index in [1.807, 2.05) is 0 Å². The van der Waals surface area contributed by atoms with Crippen molar-refractivity contribution < 1.29 is 43.3 Å². The molecular weight excluding hydrogens is 482 g/mol. The monoisotopic (exact) mass is 511 g/mol. The number of phenolic OH excluding ortho intramolecular Hbond substituents is 1. The lowest BCUT2D eigenvalue weighted by molar-refractivity contribution is -0.144. The zero-order valence-electron chi connectivity index (χ0n) is 20.1. The number of hydrogen-bond acceptors (Lipinski definition) is 10. The summed E-state index contributed by atoms with van der Waals surface area (Å²) in [6.07, 6.45) is -0.934. The van der Waals surface area contributed by atoms with Crippen LogP contribution in [0, 0.1) is 0 Å². The van der Waals surface area contributed by atoms with Gasteiger partial charge in [-0.25, -0.2) is 14.4 Å². The number of anilines is 1. The van der Waals surface area contributed by atoms with Gasteiger partial charge in [0.2, 0.25) is 11.8 Å². The third kappa shape index (κ3) is 8.35. The SMILES string of the molecule is COC(=O)[C@@H]1CSCc2c(O)cc(NC(C)=O)cc2C(=O)OC[C@H](NC(=O)OC(C)(C)C)C(=O)N1. The summed E-state index contributed by atoms with van der Waals surface area (Å²) in [6, 6.07) is 0.131. The van der Waals surface area contributed by atoms with Crippen LogP contribution in [0.4, 0.5) is 10.5 Å². The van der Waals surface area contributed by atoms with Crippen molar-refractivity contribution in [2.45, 2.75) is 51.1 Å². The summed E-state index contributed by atoms with van der Waals surface area (Å²) in [6.45, 7) is 5.57. The van der Waals surface area contributed by atoms with E-state index >= 15 is 0 Å². The van der Waals surface area contributed by atoms with Crippen LogP contribution in [0.25, 0.3) is 0 Å². The second kappa shape index (κ2) is 11.8. The molecule has 0 aromatic heterocycles. The van der Waals surface area contributed by atoms with Gasteiger partial charge in [-0.2, -0.15) is 11.8 Å². The van der Waals surface area contributed by atoms with Crippen molar-refractivity contribution in [1.82, 2.24) is 10.6 Å². The summed E-state index contributed by atoms with van der Waals surface area (Å²) < 4.78 is 15.2. The van der Waals surface area contributed by atoms with E-state index in [9.17, 15) is 29.1 Å². The van der Waals surface area contributed by atoms with Crippen molar-refractivity contribution >= 4 is 47.3 Å². The van der Waals surface area contributed by atoms with Crippen LogP contribution in [0.3, 0.4) is 0 Å². The lowest BCUT2D eigenvalue weighted by atomic mass is 10.1. The number of hydrogen-bond donors (Lipinski definition) is 4. The van der Waals surface area contributed by atoms with E-state index in [-0.39, 0.29) is 34.1 Å². The highest BCUT2D eigenvalue weighted by Gasteiger charge is 2.31. The summed E-state index contributed by atoms with van der Waals surface area (Å²) in [4.78, 5) is 61.7. The Morgan fingerprint density at radius 1 is 1.23 bits per heavy atom. The molecule has 0 fully saturated rings. The van der Waals surface area contributed by atoms with Gasteiger partial charge in [-0.05, 0) is 26.8 Å². The molecule has 0 unspecified atom stereocenters. The maximum Gasteiger partial charge on any atom is 0.408 e. The average molecular weight is 512 g/mol. The number of alkyl carbamates (subject to hydrolysis) is 1. The van der Waals surface area contributed by atoms with Gasteiger partial charge in [-0.15, -0.1) is 0 Å². The van der Waals surface area contributed by atoms with Crippen LogP contribution in [0.1, 0.15) is 43.6 Å². The zero-order chi connectivity index (χ0) is 26.3. The Morgan fingerprint density at radius 3 is 2.51 bits per heavy atom. The van der Waals surface area contributed by atoms with Gasteiger partial charge in [0.05, 0.1) is 12.7 Å². The molecule has 192 valence electrons. The largest absolute Gasteiger partial charge is 0.508 e. The number of nitrogens with one attached hydrogen (secondary N) is 3. The molecule has 2 rings (SSSR count). The van der Waals surface area contributed by atoms with Crippen molar-refractivity contribution in [1.29, 1.82) is 0 Å². The fourth-order valence-electron chi connectivity index (χ4n) is 3.00. The lowest BCUT2D eigenvalue weighted by Crippen LogP contribution is -2.55. The van der Waals surface area contributed by atoms with Gasteiger partial charge >= 0.3 is 18.0 Å². The quantitative estimate of drug-likeness (QED) is 0.343. The smallest absolute Gasteiger partial charge is 0.408 e. The summed E-state index contributed by atoms with van der Waals surface area (Å²) in [5.74, 6) is -2.97. The number of rotatable bonds is 3. The molecule has 3 amide bonds. The summed E-state index contributed by atoms with van der Waals surface area (Å²) in [7, 11) is 1.16. The van der Waals surface area contributed by atoms with Gasteiger partial charge in [0.15, 0.2) is 0 Å². The molecule has 1 heterocycles. The first kappa shape index (κ1) is 27.8. The van der Waals surface area contributed by atoms with Crippen LogP contribution >= 0.6 is 11.8 Å². The predicted molar refractivity (Wildman–Crippen MR) is 126 cm³/mol. The molecular formula is C22H29N3O9S. The van der Waals surface area contributed by atoms with Gasteiger partial charge in [0, 0.05) is 35.7 Å². The normalized spacial score (nSPS) is 19.0. The Kier molecular flexibility index (Phi) is 9.34. The second-order valence-corrected chi connectivity index (χ2v) is 9.63. The standard InChI is InChI=1S/C22H29N3O9S/c1-11(26)23-12-6-13-14(17(27)7-12)9-35-10-16(20(30)32-5)24-18(28)15(8-33-19(13)29)25-21(31)34-22(2,3)4/h6-7,15-16,27H,8-10H2,1-5H3,(H,23,26)(H,24,28)(H,25,31)/t15-,16-/m0/s1. The van der Waals surface area contributed by atoms with Gasteiger partial charge in [0.1, 0.15) is 30.0 Å². The summed E-state index contributed by atoms with van der Waals surface area (Å²) >= 11 is 1.14. The molecule has 1 aromatic carbocycles. The van der Waals surface area contributed by atoms with Crippen molar-refractivity contribution in [3.8, 4) is 5.75 Å². The lowest BCUT2D eigenvalue weighted by Gasteiger charge is -2.25. The fourth-order valence-corrected chi connectivity index (χ4v) is 4.08. The van der Waals surface area contributed by atoms with E-state index in [0.717, 1.165) is 18.9 Å². The molecule has 13 heteroatoms. The number of carbonyl (C=O) groups excluding carboxylic acids is 5. The highest BCUT2D eigenvalue weighted by molar-refractivity contribution is 7.98. The maximum atomic E-state index is 12.9. The number of thioether (sulfide) groups is 1. The van der Waals surface area contributed by atoms with Gasteiger partial charge in [-0.3, -0.25) is 9.59 Å². The number of esters is 2. The Labute approximate surface area is 206 Å². The molecule has 2 atom stereocenters. The molecule has 0 saturated carbocycles. The summed E-state index contributed by atoms with van der Waals surface area (Å²) in [5.41, 5.74) is -0.532. The number of carbonyl (C=O) groups is 5. The Balaban J connectivity index is 2.42. The highest BCUT2D eigenvalue weighted by Crippen LogP contribution is 2.31. The van der Waals surface area contributed by atoms with Crippen molar-refractivity contribution in [2.75, 3.05) is 24.8 Å². The zero-order valence-corrected chi connectivity index (χ0v) is 20.9. The van der Waals surface area contributed by atoms with Crippen LogP contribution in [0.15, 0.2) is 12.1 Å². The third-order valence-corrected chi connectivity index (χ3v) is 5.55. The molecule has 0 spiro atoms. The van der Waals surface area contributed by atoms with E-state index in [1.165, 1.54) is 19.1 Å². The third-order valence-electron chi connectivity index (χ3n) is 4.49. The summed E-state index contributed by atoms with van der Waals surface area (Å²) in [5, 5.41) is 17.8. The molecule has 0 aliphatic carbocycles. The fraction of sp³-hybridized carbons (Fsp3) is 0.500. The van der Waals surface area contributed by atoms with Crippen molar-refractivity contribution in [2.24, 2.45) is 0 Å². The second-order valence-electron chi connectivity index (χ2n) is 8.60. The number of fused-ring (bicyclic) bond motifs is 1. The van der Waals surface area contributed by atoms with Crippen LogP contribution < -0.4 is 16.0 Å². The number of methoxy groups -OCH3 is 1. The van der Waals surface area contributed by atoms with Crippen molar-refractivity contribution in [3.63, 3.8) is 0 Å². The first-order chi connectivity index (χ1) is 16.3. The van der Waals surface area contributed by atoms with Gasteiger partial charge in [-0.1, -0.05) is 0 Å². The Morgan fingerprint density at radius 2 is 1.91 bits per heavy atom. The van der Waals surface area contributed by atoms with E-state index in [1.54, 1.807) is 20.8 Å². The molecule has 0 bridgehead atoms. The molecule has 1 aromatic rings. The molecule has 1 aliphatic rings. The minimum atomic E-state index is -1.40. The van der Waals surface area contributed by atoms with Crippen LogP contribution in [-0.4, -0.2) is 72.1 Å². The topological polar surface area (TPSA) is 169 Å². The number of aromatic hydroxyl groups is 1. The minimum absolute atomic E-state index is 0.0406. The molecule has 4 N–H and O–H groups in total.